The highest BCUT2D eigenvalue weighted by Gasteiger charge is 2.32. The fourth-order valence-electron chi connectivity index (χ4n) is 3.90. The molecule has 1 fully saturated rings. The van der Waals surface area contributed by atoms with Gasteiger partial charge >= 0.3 is 0 Å². The average molecular weight is 441 g/mol. The first-order valence-electron chi connectivity index (χ1n) is 10.8. The summed E-state index contributed by atoms with van der Waals surface area (Å²) in [7, 11) is -2.28. The zero-order valence-corrected chi connectivity index (χ0v) is 18.8. The number of rotatable bonds is 6. The van der Waals surface area contributed by atoms with Crippen LogP contribution in [0, 0.1) is 0 Å². The van der Waals surface area contributed by atoms with Crippen LogP contribution < -0.4 is 9.64 Å². The number of aromatic nitrogens is 1. The molecule has 7 heteroatoms. The number of nitrogens with zero attached hydrogens (tertiary/aromatic N) is 2. The lowest BCUT2D eigenvalue weighted by Crippen LogP contribution is -2.25. The molecule has 1 saturated heterocycles. The Bertz CT molecular complexity index is 1130. The summed E-state index contributed by atoms with van der Waals surface area (Å²) in [5, 5.41) is -0.0282. The van der Waals surface area contributed by atoms with E-state index in [2.05, 4.69) is 4.98 Å². The maximum Gasteiger partial charge on any atom is 0.236 e. The molecule has 4 rings (SSSR count). The Morgan fingerprint density at radius 1 is 1.00 bits per heavy atom. The lowest BCUT2D eigenvalue weighted by Gasteiger charge is -2.20. The van der Waals surface area contributed by atoms with Crippen LogP contribution in [0.1, 0.15) is 38.2 Å². The fraction of sp³-hybridized carbons (Fsp3) is 0.375. The second-order valence-electron chi connectivity index (χ2n) is 7.73. The Hall–Kier alpha value is -2.80. The van der Waals surface area contributed by atoms with Gasteiger partial charge in [-0.2, -0.15) is 4.98 Å². The zero-order chi connectivity index (χ0) is 21.8. The lowest BCUT2D eigenvalue weighted by molar-refractivity contribution is 0.414. The first-order chi connectivity index (χ1) is 15.0. The van der Waals surface area contributed by atoms with Crippen LogP contribution in [0.5, 0.6) is 5.75 Å². The molecule has 0 unspecified atom stereocenters. The van der Waals surface area contributed by atoms with E-state index in [4.69, 9.17) is 9.15 Å². The minimum atomic E-state index is -3.85. The standard InChI is InChI=1S/C24H28N2O4S/c1-3-18-12-14-19(15-13-18)31(27,28)23-24(26-16-8-4-5-9-17-26)30-22(25-23)20-10-6-7-11-21(20)29-2/h6-7,10-15H,3-5,8-9,16-17H2,1-2H3. The van der Waals surface area contributed by atoms with Gasteiger partial charge in [-0.3, -0.25) is 0 Å². The smallest absolute Gasteiger partial charge is 0.236 e. The minimum Gasteiger partial charge on any atom is -0.496 e. The molecule has 1 aliphatic heterocycles. The van der Waals surface area contributed by atoms with E-state index < -0.39 is 9.84 Å². The molecule has 164 valence electrons. The third-order valence-electron chi connectivity index (χ3n) is 5.71. The topological polar surface area (TPSA) is 72.6 Å². The van der Waals surface area contributed by atoms with Crippen molar-refractivity contribution < 1.29 is 17.6 Å². The van der Waals surface area contributed by atoms with E-state index in [9.17, 15) is 8.42 Å². The SMILES string of the molecule is CCc1ccc(S(=O)(=O)c2nc(-c3ccccc3OC)oc2N2CCCCCC2)cc1. The predicted octanol–water partition coefficient (Wildman–Crippen LogP) is 5.13. The van der Waals surface area contributed by atoms with Crippen LogP contribution in [0.15, 0.2) is 62.9 Å². The number of hydrogen-bond acceptors (Lipinski definition) is 6. The van der Waals surface area contributed by atoms with E-state index in [0.717, 1.165) is 50.8 Å². The third kappa shape index (κ3) is 4.32. The number of para-hydroxylation sites is 1. The molecule has 0 bridgehead atoms. The molecule has 2 heterocycles. The molecular weight excluding hydrogens is 412 g/mol. The molecule has 0 radical (unpaired) electrons. The van der Waals surface area contributed by atoms with Crippen molar-refractivity contribution in [1.82, 2.24) is 4.98 Å². The highest BCUT2D eigenvalue weighted by atomic mass is 32.2. The van der Waals surface area contributed by atoms with E-state index in [1.54, 1.807) is 19.2 Å². The van der Waals surface area contributed by atoms with E-state index >= 15 is 0 Å². The second kappa shape index (κ2) is 9.14. The van der Waals surface area contributed by atoms with Gasteiger partial charge in [0.05, 0.1) is 17.6 Å². The van der Waals surface area contributed by atoms with Crippen LogP contribution in [-0.4, -0.2) is 33.6 Å². The van der Waals surface area contributed by atoms with Gasteiger partial charge in [0.1, 0.15) is 5.75 Å². The molecule has 3 aromatic rings. The van der Waals surface area contributed by atoms with Crippen molar-refractivity contribution >= 4 is 15.7 Å². The van der Waals surface area contributed by atoms with Gasteiger partial charge in [-0.15, -0.1) is 0 Å². The Kier molecular flexibility index (Phi) is 6.32. The molecule has 0 amide bonds. The number of aryl methyl sites for hydroxylation is 1. The van der Waals surface area contributed by atoms with Gasteiger partial charge in [0.2, 0.25) is 26.6 Å². The van der Waals surface area contributed by atoms with E-state index in [1.807, 2.05) is 48.2 Å². The van der Waals surface area contributed by atoms with Gasteiger partial charge in [0, 0.05) is 13.1 Å². The van der Waals surface area contributed by atoms with Gasteiger partial charge in [0.25, 0.3) is 0 Å². The van der Waals surface area contributed by atoms with Crippen molar-refractivity contribution in [2.45, 2.75) is 48.9 Å². The monoisotopic (exact) mass is 440 g/mol. The Balaban J connectivity index is 1.85. The maximum absolute atomic E-state index is 13.6. The van der Waals surface area contributed by atoms with Crippen LogP contribution in [0.4, 0.5) is 5.88 Å². The van der Waals surface area contributed by atoms with Gasteiger partial charge in [-0.25, -0.2) is 8.42 Å². The number of oxazole rings is 1. The Morgan fingerprint density at radius 3 is 2.32 bits per heavy atom. The van der Waals surface area contributed by atoms with Gasteiger partial charge < -0.3 is 14.1 Å². The highest BCUT2D eigenvalue weighted by Crippen LogP contribution is 2.38. The summed E-state index contributed by atoms with van der Waals surface area (Å²) in [6.07, 6.45) is 5.10. The molecule has 31 heavy (non-hydrogen) atoms. The summed E-state index contributed by atoms with van der Waals surface area (Å²) in [6, 6.07) is 14.3. The number of anilines is 1. The van der Waals surface area contributed by atoms with Crippen molar-refractivity contribution in [2.24, 2.45) is 0 Å². The van der Waals surface area contributed by atoms with Crippen molar-refractivity contribution in [2.75, 3.05) is 25.1 Å². The number of sulfone groups is 1. The largest absolute Gasteiger partial charge is 0.496 e. The van der Waals surface area contributed by atoms with Gasteiger partial charge in [-0.05, 0) is 49.1 Å². The molecule has 0 N–H and O–H groups in total. The molecule has 0 saturated carbocycles. The normalized spacial score (nSPS) is 15.0. The average Bonchev–Trinajstić information content (AvgIpc) is 3.08. The highest BCUT2D eigenvalue weighted by molar-refractivity contribution is 7.91. The van der Waals surface area contributed by atoms with Crippen molar-refractivity contribution in [3.63, 3.8) is 0 Å². The van der Waals surface area contributed by atoms with Gasteiger partial charge in [0.15, 0.2) is 0 Å². The van der Waals surface area contributed by atoms with Gasteiger partial charge in [-0.1, -0.05) is 44.0 Å². The molecule has 0 aliphatic carbocycles. The summed E-state index contributed by atoms with van der Waals surface area (Å²) in [5.74, 6) is 1.16. The fourth-order valence-corrected chi connectivity index (χ4v) is 5.22. The summed E-state index contributed by atoms with van der Waals surface area (Å²) >= 11 is 0. The van der Waals surface area contributed by atoms with E-state index in [1.165, 1.54) is 0 Å². The first kappa shape index (κ1) is 21.4. The summed E-state index contributed by atoms with van der Waals surface area (Å²) in [4.78, 5) is 6.75. The van der Waals surface area contributed by atoms with Crippen LogP contribution >= 0.6 is 0 Å². The lowest BCUT2D eigenvalue weighted by atomic mass is 10.2. The van der Waals surface area contributed by atoms with Crippen molar-refractivity contribution in [1.29, 1.82) is 0 Å². The third-order valence-corrected chi connectivity index (χ3v) is 7.37. The van der Waals surface area contributed by atoms with Crippen LogP contribution in [0.25, 0.3) is 11.5 Å². The maximum atomic E-state index is 13.6. The van der Waals surface area contributed by atoms with E-state index in [0.29, 0.717) is 17.2 Å². The summed E-state index contributed by atoms with van der Waals surface area (Å²) < 4.78 is 38.8. The predicted molar refractivity (Wildman–Crippen MR) is 120 cm³/mol. The Morgan fingerprint density at radius 2 is 1.68 bits per heavy atom. The quantitative estimate of drug-likeness (QED) is 0.529. The van der Waals surface area contributed by atoms with Crippen LogP contribution in [0.3, 0.4) is 0 Å². The van der Waals surface area contributed by atoms with Crippen LogP contribution in [-0.2, 0) is 16.3 Å². The number of methoxy groups -OCH3 is 1. The molecule has 1 aromatic heterocycles. The second-order valence-corrected chi connectivity index (χ2v) is 9.60. The van der Waals surface area contributed by atoms with Crippen molar-refractivity contribution in [3.8, 4) is 17.2 Å². The van der Waals surface area contributed by atoms with Crippen LogP contribution in [0.2, 0.25) is 0 Å². The Labute approximate surface area is 183 Å². The molecule has 0 atom stereocenters. The molecule has 0 spiro atoms. The number of benzene rings is 2. The number of ether oxygens (including phenoxy) is 1. The number of hydrogen-bond donors (Lipinski definition) is 0. The molecular formula is C24H28N2O4S. The zero-order valence-electron chi connectivity index (χ0n) is 18.0. The summed E-state index contributed by atoms with van der Waals surface area (Å²) in [5.41, 5.74) is 1.71. The minimum absolute atomic E-state index is 0.0282. The molecule has 6 nitrogen and oxygen atoms in total. The molecule has 2 aromatic carbocycles. The van der Waals surface area contributed by atoms with E-state index in [-0.39, 0.29) is 15.8 Å². The molecule has 1 aliphatic rings. The van der Waals surface area contributed by atoms with Crippen molar-refractivity contribution in [3.05, 3.63) is 54.1 Å². The first-order valence-corrected chi connectivity index (χ1v) is 12.3. The summed E-state index contributed by atoms with van der Waals surface area (Å²) in [6.45, 7) is 3.54.